The number of rotatable bonds is 7. The lowest BCUT2D eigenvalue weighted by molar-refractivity contribution is 0.0249. The maximum absolute atomic E-state index is 12.2. The molecule has 0 amide bonds. The normalized spacial score (nSPS) is 18.5. The Morgan fingerprint density at radius 2 is 2.23 bits per heavy atom. The number of aliphatic hydroxyl groups is 1. The first-order chi connectivity index (χ1) is 12.4. The van der Waals surface area contributed by atoms with E-state index >= 15 is 0 Å². The lowest BCUT2D eigenvalue weighted by Crippen LogP contribution is -2.38. The second-order valence-electron chi connectivity index (χ2n) is 5.96. The molecule has 0 spiro atoms. The van der Waals surface area contributed by atoms with Gasteiger partial charge in [-0.2, -0.15) is 0 Å². The molecule has 1 aliphatic heterocycles. The summed E-state index contributed by atoms with van der Waals surface area (Å²) in [6, 6.07) is 5.09. The Hall–Kier alpha value is -1.63. The average molecular weight is 399 g/mol. The first kappa shape index (κ1) is 19.1. The summed E-state index contributed by atoms with van der Waals surface area (Å²) in [6.07, 6.45) is 1.03. The molecule has 2 aromatic rings. The topological polar surface area (TPSA) is 111 Å². The highest BCUT2D eigenvalue weighted by Crippen LogP contribution is 2.30. The van der Waals surface area contributed by atoms with Gasteiger partial charge in [0.25, 0.3) is 10.0 Å². The number of aliphatic hydroxyl groups excluding tert-OH is 1. The van der Waals surface area contributed by atoms with Crippen molar-refractivity contribution in [2.75, 3.05) is 45.6 Å². The summed E-state index contributed by atoms with van der Waals surface area (Å²) in [5.74, 6) is 0.467. The summed E-state index contributed by atoms with van der Waals surface area (Å²) in [4.78, 5) is 11.3. The van der Waals surface area contributed by atoms with E-state index in [1.54, 1.807) is 24.4 Å². The van der Waals surface area contributed by atoms with Gasteiger partial charge in [0, 0.05) is 46.5 Å². The molecule has 3 rings (SSSR count). The first-order valence-corrected chi connectivity index (χ1v) is 10.4. The number of nitrogens with one attached hydrogen (secondary N) is 2. The van der Waals surface area contributed by atoms with E-state index in [4.69, 9.17) is 0 Å². The fraction of sp³-hybridized carbons (Fsp3) is 0.467. The highest BCUT2D eigenvalue weighted by atomic mass is 32.2. The van der Waals surface area contributed by atoms with E-state index in [1.807, 2.05) is 4.90 Å². The van der Waals surface area contributed by atoms with Gasteiger partial charge in [-0.15, -0.1) is 11.3 Å². The second kappa shape index (κ2) is 7.94. The Labute approximate surface area is 156 Å². The van der Waals surface area contributed by atoms with Crippen LogP contribution in [0.5, 0.6) is 0 Å². The molecule has 0 aliphatic carbocycles. The molecule has 11 heteroatoms. The maximum Gasteiger partial charge on any atom is 0.252 e. The van der Waals surface area contributed by atoms with Crippen LogP contribution in [-0.2, 0) is 10.0 Å². The molecule has 142 valence electrons. The number of anilines is 1. The second-order valence-corrected chi connectivity index (χ2v) is 9.42. The molecule has 0 bridgehead atoms. The van der Waals surface area contributed by atoms with Gasteiger partial charge in [-0.25, -0.2) is 22.7 Å². The van der Waals surface area contributed by atoms with Crippen molar-refractivity contribution in [1.82, 2.24) is 24.5 Å². The molecule has 1 fully saturated rings. The highest BCUT2D eigenvalue weighted by molar-refractivity contribution is 7.91. The van der Waals surface area contributed by atoms with E-state index in [0.29, 0.717) is 24.7 Å². The van der Waals surface area contributed by atoms with Crippen LogP contribution < -0.4 is 10.6 Å². The third-order valence-electron chi connectivity index (χ3n) is 3.98. The van der Waals surface area contributed by atoms with Crippen LogP contribution in [0.4, 0.5) is 5.95 Å². The van der Waals surface area contributed by atoms with Gasteiger partial charge in [0.15, 0.2) is 6.35 Å². The number of aromatic nitrogens is 2. The van der Waals surface area contributed by atoms with Gasteiger partial charge >= 0.3 is 0 Å². The van der Waals surface area contributed by atoms with Crippen molar-refractivity contribution >= 4 is 27.3 Å². The largest absolute Gasteiger partial charge is 0.365 e. The lowest BCUT2D eigenvalue weighted by atomic mass is 10.3. The van der Waals surface area contributed by atoms with Crippen LogP contribution in [0.1, 0.15) is 0 Å². The van der Waals surface area contributed by atoms with Gasteiger partial charge in [-0.05, 0) is 18.2 Å². The van der Waals surface area contributed by atoms with Crippen molar-refractivity contribution in [1.29, 1.82) is 0 Å². The van der Waals surface area contributed by atoms with Crippen molar-refractivity contribution < 1.29 is 13.5 Å². The lowest BCUT2D eigenvalue weighted by Gasteiger charge is -2.18. The molecule has 0 aromatic carbocycles. The van der Waals surface area contributed by atoms with Crippen LogP contribution in [-0.4, -0.2) is 79.3 Å². The Balaban J connectivity index is 1.67. The molecule has 1 unspecified atom stereocenters. The Kier molecular flexibility index (Phi) is 5.85. The zero-order valence-electron chi connectivity index (χ0n) is 14.6. The molecule has 1 aliphatic rings. The smallest absolute Gasteiger partial charge is 0.252 e. The fourth-order valence-corrected chi connectivity index (χ4v) is 4.94. The van der Waals surface area contributed by atoms with Gasteiger partial charge < -0.3 is 10.4 Å². The van der Waals surface area contributed by atoms with Gasteiger partial charge in [0.1, 0.15) is 4.21 Å². The van der Waals surface area contributed by atoms with E-state index in [9.17, 15) is 13.5 Å². The van der Waals surface area contributed by atoms with Crippen molar-refractivity contribution in [2.24, 2.45) is 0 Å². The quantitative estimate of drug-likeness (QED) is 0.600. The van der Waals surface area contributed by atoms with Gasteiger partial charge in [-0.1, -0.05) is 0 Å². The van der Waals surface area contributed by atoms with Crippen LogP contribution in [0.2, 0.25) is 0 Å². The van der Waals surface area contributed by atoms with Gasteiger partial charge in [0.05, 0.1) is 10.6 Å². The Morgan fingerprint density at radius 3 is 2.92 bits per heavy atom. The van der Waals surface area contributed by atoms with Crippen molar-refractivity contribution in [3.63, 3.8) is 0 Å². The predicted octanol–water partition coefficient (Wildman–Crippen LogP) is 0.0484. The predicted molar refractivity (Wildman–Crippen MR) is 100 cm³/mol. The molecule has 3 N–H and O–H groups in total. The Morgan fingerprint density at radius 1 is 1.42 bits per heavy atom. The molecule has 0 radical (unpaired) electrons. The molecule has 3 heterocycles. The van der Waals surface area contributed by atoms with Crippen molar-refractivity contribution in [3.8, 4) is 10.6 Å². The van der Waals surface area contributed by atoms with Crippen LogP contribution in [0.25, 0.3) is 10.6 Å². The van der Waals surface area contributed by atoms with Gasteiger partial charge in [0.2, 0.25) is 5.95 Å². The highest BCUT2D eigenvalue weighted by Gasteiger charge is 2.21. The first-order valence-electron chi connectivity index (χ1n) is 8.13. The Bertz CT molecular complexity index is 855. The third kappa shape index (κ3) is 4.19. The molecule has 2 aromatic heterocycles. The number of thiophene rings is 1. The van der Waals surface area contributed by atoms with Gasteiger partial charge in [-0.3, -0.25) is 10.2 Å². The minimum absolute atomic E-state index is 0.279. The van der Waals surface area contributed by atoms with E-state index < -0.39 is 16.4 Å². The van der Waals surface area contributed by atoms with E-state index in [0.717, 1.165) is 18.0 Å². The molecule has 9 nitrogen and oxygen atoms in total. The average Bonchev–Trinajstić information content (AvgIpc) is 3.25. The van der Waals surface area contributed by atoms with Crippen LogP contribution in [0.15, 0.2) is 28.6 Å². The summed E-state index contributed by atoms with van der Waals surface area (Å²) in [5.41, 5.74) is 0.663. The summed E-state index contributed by atoms with van der Waals surface area (Å²) in [7, 11) is -0.429. The van der Waals surface area contributed by atoms with Crippen molar-refractivity contribution in [2.45, 2.75) is 10.6 Å². The number of hydrogen-bond donors (Lipinski definition) is 3. The van der Waals surface area contributed by atoms with E-state index in [2.05, 4.69) is 20.6 Å². The minimum atomic E-state index is -3.45. The molecule has 26 heavy (non-hydrogen) atoms. The molecule has 0 saturated carbocycles. The monoisotopic (exact) mass is 398 g/mol. The van der Waals surface area contributed by atoms with E-state index in [1.165, 1.54) is 29.7 Å². The summed E-state index contributed by atoms with van der Waals surface area (Å²) >= 11 is 1.18. The zero-order valence-corrected chi connectivity index (χ0v) is 16.2. The number of sulfonamides is 1. The van der Waals surface area contributed by atoms with Crippen molar-refractivity contribution in [3.05, 3.63) is 24.4 Å². The maximum atomic E-state index is 12.2. The molecular weight excluding hydrogens is 376 g/mol. The van der Waals surface area contributed by atoms with Crippen LogP contribution in [0.3, 0.4) is 0 Å². The minimum Gasteiger partial charge on any atom is -0.365 e. The molecule has 1 atom stereocenters. The number of hydrogen-bond acceptors (Lipinski definition) is 9. The molecular formula is C15H22N6O3S2. The fourth-order valence-electron chi connectivity index (χ4n) is 2.49. The molecule has 1 saturated heterocycles. The standard InChI is InChI=1S/C15H22N6O3S2/c1-20(2)26(23,24)13-4-3-12(25-13)11-5-6-16-14(19-11)17-7-9-21-10-8-18-15(21)22/h3-6,15,18,22H,7-10H2,1-2H3,(H,16,17,19). The summed E-state index contributed by atoms with van der Waals surface area (Å²) in [5, 5.41) is 15.8. The van der Waals surface area contributed by atoms with Crippen LogP contribution >= 0.6 is 11.3 Å². The summed E-state index contributed by atoms with van der Waals surface area (Å²) < 4.78 is 25.9. The van der Waals surface area contributed by atoms with E-state index in [-0.39, 0.29) is 4.21 Å². The van der Waals surface area contributed by atoms with Crippen LogP contribution in [0, 0.1) is 0 Å². The third-order valence-corrected chi connectivity index (χ3v) is 7.37. The summed E-state index contributed by atoms with van der Waals surface area (Å²) in [6.45, 7) is 2.81. The zero-order chi connectivity index (χ0) is 18.7. The number of nitrogens with zero attached hydrogens (tertiary/aromatic N) is 4. The SMILES string of the molecule is CN(C)S(=O)(=O)c1ccc(-c2ccnc(NCCN3CCNC3O)n2)s1.